The molecule has 1 atom stereocenters. The lowest BCUT2D eigenvalue weighted by molar-refractivity contribution is -0.143. The molecule has 2 rings (SSSR count). The Labute approximate surface area is 143 Å². The number of hydrogen-bond acceptors (Lipinski definition) is 5. The average molecular weight is 353 g/mol. The lowest BCUT2D eigenvalue weighted by Gasteiger charge is -2.35. The Bertz CT molecular complexity index is 655. The van der Waals surface area contributed by atoms with Gasteiger partial charge in [0.15, 0.2) is 0 Å². The van der Waals surface area contributed by atoms with Crippen LogP contribution in [-0.2, 0) is 19.6 Å². The Morgan fingerprint density at radius 2 is 2.12 bits per heavy atom. The van der Waals surface area contributed by atoms with Crippen LogP contribution in [0.1, 0.15) is 13.3 Å². The Morgan fingerprint density at radius 1 is 1.42 bits per heavy atom. The van der Waals surface area contributed by atoms with Crippen molar-refractivity contribution < 1.29 is 17.9 Å². The number of hydrogen-bond donors (Lipinski definition) is 0. The van der Waals surface area contributed by atoms with Crippen molar-refractivity contribution in [3.8, 4) is 0 Å². The van der Waals surface area contributed by atoms with Gasteiger partial charge in [-0.25, -0.2) is 8.42 Å². The molecule has 1 unspecified atom stereocenters. The molecule has 7 nitrogen and oxygen atoms in total. The lowest BCUT2D eigenvalue weighted by atomic mass is 10.3. The predicted octanol–water partition coefficient (Wildman–Crippen LogP) is 0.896. The average Bonchev–Trinajstić information content (AvgIpc) is 2.62. The first-order valence-electron chi connectivity index (χ1n) is 7.88. The first kappa shape index (κ1) is 18.6. The Kier molecular flexibility index (Phi) is 6.47. The highest BCUT2D eigenvalue weighted by molar-refractivity contribution is 7.89. The standard InChI is InChI=1S/C16H23N3O4S/c1-3-4-12-23-14(2)16(20)18-8-10-19(11-9-18)24(21,22)15-6-5-7-17-13-15/h3,5-7,13-14H,1,4,8-12H2,2H3. The second-order valence-corrected chi connectivity index (χ2v) is 7.45. The molecular formula is C16H23N3O4S. The van der Waals surface area contributed by atoms with E-state index in [2.05, 4.69) is 11.6 Å². The van der Waals surface area contributed by atoms with Crippen molar-refractivity contribution in [2.45, 2.75) is 24.3 Å². The maximum Gasteiger partial charge on any atom is 0.251 e. The van der Waals surface area contributed by atoms with Gasteiger partial charge in [-0.05, 0) is 25.5 Å². The molecule has 0 aromatic carbocycles. The van der Waals surface area contributed by atoms with Crippen molar-refractivity contribution in [1.29, 1.82) is 0 Å². The molecule has 0 radical (unpaired) electrons. The number of sulfonamides is 1. The van der Waals surface area contributed by atoms with Crippen molar-refractivity contribution in [2.75, 3.05) is 32.8 Å². The van der Waals surface area contributed by atoms with Crippen LogP contribution in [0.2, 0.25) is 0 Å². The van der Waals surface area contributed by atoms with Crippen LogP contribution in [0.15, 0.2) is 42.1 Å². The third-order valence-corrected chi connectivity index (χ3v) is 5.74. The Morgan fingerprint density at radius 3 is 2.71 bits per heavy atom. The van der Waals surface area contributed by atoms with Gasteiger partial charge in [-0.2, -0.15) is 4.31 Å². The maximum atomic E-state index is 12.5. The summed E-state index contributed by atoms with van der Waals surface area (Å²) in [6.45, 7) is 7.01. The number of carbonyl (C=O) groups is 1. The SMILES string of the molecule is C=CCCOC(C)C(=O)N1CCN(S(=O)(=O)c2cccnc2)CC1. The number of rotatable bonds is 7. The van der Waals surface area contributed by atoms with Crippen LogP contribution in [0.4, 0.5) is 0 Å². The molecule has 0 saturated carbocycles. The van der Waals surface area contributed by atoms with E-state index in [0.717, 1.165) is 0 Å². The molecule has 0 N–H and O–H groups in total. The molecule has 1 saturated heterocycles. The van der Waals surface area contributed by atoms with Crippen molar-refractivity contribution in [3.05, 3.63) is 37.2 Å². The van der Waals surface area contributed by atoms with Gasteiger partial charge in [-0.1, -0.05) is 6.08 Å². The van der Waals surface area contributed by atoms with Crippen LogP contribution in [-0.4, -0.2) is 67.4 Å². The summed E-state index contributed by atoms with van der Waals surface area (Å²) < 4.78 is 31.9. The number of pyridine rings is 1. The normalized spacial score (nSPS) is 17.5. The Hall–Kier alpha value is -1.77. The zero-order valence-corrected chi connectivity index (χ0v) is 14.6. The van der Waals surface area contributed by atoms with Crippen molar-refractivity contribution >= 4 is 15.9 Å². The van der Waals surface area contributed by atoms with Crippen LogP contribution >= 0.6 is 0 Å². The van der Waals surface area contributed by atoms with Crippen molar-refractivity contribution in [1.82, 2.24) is 14.2 Å². The molecule has 1 aliphatic heterocycles. The van der Waals surface area contributed by atoms with Crippen LogP contribution in [0.25, 0.3) is 0 Å². The van der Waals surface area contributed by atoms with E-state index < -0.39 is 16.1 Å². The van der Waals surface area contributed by atoms with Crippen molar-refractivity contribution in [3.63, 3.8) is 0 Å². The second-order valence-electron chi connectivity index (χ2n) is 5.51. The minimum atomic E-state index is -3.56. The summed E-state index contributed by atoms with van der Waals surface area (Å²) in [6, 6.07) is 3.12. The van der Waals surface area contributed by atoms with E-state index in [1.165, 1.54) is 22.8 Å². The number of ether oxygens (including phenoxy) is 1. The predicted molar refractivity (Wildman–Crippen MR) is 89.8 cm³/mol. The van der Waals surface area contributed by atoms with Gasteiger partial charge in [0, 0.05) is 38.6 Å². The Balaban J connectivity index is 1.91. The molecule has 24 heavy (non-hydrogen) atoms. The molecule has 1 aromatic rings. The van der Waals surface area contributed by atoms with Gasteiger partial charge in [-0.3, -0.25) is 9.78 Å². The van der Waals surface area contributed by atoms with E-state index in [1.54, 1.807) is 24.0 Å². The largest absolute Gasteiger partial charge is 0.368 e. The van der Waals surface area contributed by atoms with Gasteiger partial charge in [0.25, 0.3) is 5.91 Å². The molecular weight excluding hydrogens is 330 g/mol. The van der Waals surface area contributed by atoms with E-state index in [1.807, 2.05) is 0 Å². The summed E-state index contributed by atoms with van der Waals surface area (Å²) in [7, 11) is -3.56. The van der Waals surface area contributed by atoms with E-state index in [9.17, 15) is 13.2 Å². The highest BCUT2D eigenvalue weighted by Crippen LogP contribution is 2.17. The molecule has 132 valence electrons. The number of aromatic nitrogens is 1. The smallest absolute Gasteiger partial charge is 0.251 e. The quantitative estimate of drug-likeness (QED) is 0.537. The van der Waals surface area contributed by atoms with E-state index in [-0.39, 0.29) is 23.9 Å². The summed E-state index contributed by atoms with van der Waals surface area (Å²) in [5.74, 6) is -0.113. The fourth-order valence-electron chi connectivity index (χ4n) is 2.45. The maximum absolute atomic E-state index is 12.5. The monoisotopic (exact) mass is 353 g/mol. The third kappa shape index (κ3) is 4.40. The molecule has 0 bridgehead atoms. The lowest BCUT2D eigenvalue weighted by Crippen LogP contribution is -2.52. The molecule has 1 fully saturated rings. The molecule has 0 aliphatic carbocycles. The van der Waals surface area contributed by atoms with Crippen LogP contribution < -0.4 is 0 Å². The second kappa shape index (κ2) is 8.36. The van der Waals surface area contributed by atoms with Crippen LogP contribution in [0.5, 0.6) is 0 Å². The zero-order valence-electron chi connectivity index (χ0n) is 13.8. The first-order chi connectivity index (χ1) is 11.5. The summed E-state index contributed by atoms with van der Waals surface area (Å²) in [4.78, 5) is 18.0. The molecule has 1 amide bonds. The highest BCUT2D eigenvalue weighted by atomic mass is 32.2. The number of carbonyl (C=O) groups excluding carboxylic acids is 1. The van der Waals surface area contributed by atoms with Gasteiger partial charge in [0.05, 0.1) is 6.61 Å². The van der Waals surface area contributed by atoms with E-state index in [4.69, 9.17) is 4.74 Å². The summed E-state index contributed by atoms with van der Waals surface area (Å²) in [6.07, 6.45) is 4.76. The van der Waals surface area contributed by atoms with Gasteiger partial charge in [0.1, 0.15) is 11.0 Å². The first-order valence-corrected chi connectivity index (χ1v) is 9.32. The van der Waals surface area contributed by atoms with Crippen molar-refractivity contribution in [2.24, 2.45) is 0 Å². The summed E-state index contributed by atoms with van der Waals surface area (Å²) in [5.41, 5.74) is 0. The number of piperazine rings is 1. The van der Waals surface area contributed by atoms with Gasteiger partial charge >= 0.3 is 0 Å². The van der Waals surface area contributed by atoms with Gasteiger partial charge in [0.2, 0.25) is 10.0 Å². The van der Waals surface area contributed by atoms with Gasteiger partial charge < -0.3 is 9.64 Å². The fourth-order valence-corrected chi connectivity index (χ4v) is 3.84. The molecule has 1 aliphatic rings. The summed E-state index contributed by atoms with van der Waals surface area (Å²) in [5, 5.41) is 0. The highest BCUT2D eigenvalue weighted by Gasteiger charge is 2.31. The molecule has 0 spiro atoms. The topological polar surface area (TPSA) is 79.8 Å². The molecule has 2 heterocycles. The minimum Gasteiger partial charge on any atom is -0.368 e. The van der Waals surface area contributed by atoms with Crippen LogP contribution in [0, 0.1) is 0 Å². The third-order valence-electron chi connectivity index (χ3n) is 3.86. The fraction of sp³-hybridized carbons (Fsp3) is 0.500. The molecule has 1 aromatic heterocycles. The van der Waals surface area contributed by atoms with Crippen LogP contribution in [0.3, 0.4) is 0 Å². The molecule has 8 heteroatoms. The summed E-state index contributed by atoms with van der Waals surface area (Å²) >= 11 is 0. The minimum absolute atomic E-state index is 0.113. The zero-order chi connectivity index (χ0) is 17.6. The van der Waals surface area contributed by atoms with Gasteiger partial charge in [-0.15, -0.1) is 6.58 Å². The number of amides is 1. The number of nitrogens with zero attached hydrogens (tertiary/aromatic N) is 3. The van der Waals surface area contributed by atoms with E-state index >= 15 is 0 Å². The van der Waals surface area contributed by atoms with E-state index in [0.29, 0.717) is 26.1 Å².